The highest BCUT2D eigenvalue weighted by atomic mass is 32.2. The number of thioether (sulfide) groups is 1. The van der Waals surface area contributed by atoms with Gasteiger partial charge in [-0.3, -0.25) is 14.9 Å². The van der Waals surface area contributed by atoms with Crippen LogP contribution in [0.1, 0.15) is 16.7 Å². The van der Waals surface area contributed by atoms with Crippen LogP contribution < -0.4 is 5.32 Å². The lowest BCUT2D eigenvalue weighted by Crippen LogP contribution is -2.26. The summed E-state index contributed by atoms with van der Waals surface area (Å²) in [7, 11) is 0. The molecule has 1 amide bonds. The van der Waals surface area contributed by atoms with E-state index in [1.54, 1.807) is 12.1 Å². The lowest BCUT2D eigenvalue weighted by molar-refractivity contribution is -0.384. The van der Waals surface area contributed by atoms with E-state index in [2.05, 4.69) is 15.5 Å². The molecule has 0 saturated carbocycles. The summed E-state index contributed by atoms with van der Waals surface area (Å²) in [5.74, 6) is -0.0949. The van der Waals surface area contributed by atoms with Crippen LogP contribution in [-0.4, -0.2) is 27.5 Å². The summed E-state index contributed by atoms with van der Waals surface area (Å²) >= 11 is 1.33. The monoisotopic (exact) mass is 368 g/mol. The first-order chi connectivity index (χ1) is 12.5. The molecule has 132 valence electrons. The van der Waals surface area contributed by atoms with E-state index in [0.717, 1.165) is 11.1 Å². The number of carbonyl (C=O) groups excluding carboxylic acids is 1. The standard InChI is InChI=1S/C18H16N4O3S/c1-12-5-2-3-7-14(12)10-16-17(23)20-18(26-16)21-19-11-13-6-4-8-15(9-13)22(24)25/h2-9,11,16H,10H2,1H3,(H,20,21,23). The van der Waals surface area contributed by atoms with Gasteiger partial charge in [-0.05, 0) is 24.5 Å². The van der Waals surface area contributed by atoms with Crippen molar-refractivity contribution in [1.82, 2.24) is 5.32 Å². The lowest BCUT2D eigenvalue weighted by atomic mass is 10.0. The molecule has 0 radical (unpaired) electrons. The number of nitro groups is 1. The maximum Gasteiger partial charge on any atom is 0.270 e. The van der Waals surface area contributed by atoms with Gasteiger partial charge in [0.2, 0.25) is 5.91 Å². The van der Waals surface area contributed by atoms with Crippen molar-refractivity contribution in [2.45, 2.75) is 18.6 Å². The van der Waals surface area contributed by atoms with E-state index >= 15 is 0 Å². The molecule has 2 aromatic rings. The molecule has 1 fully saturated rings. The molecule has 7 nitrogen and oxygen atoms in total. The van der Waals surface area contributed by atoms with Crippen molar-refractivity contribution in [2.24, 2.45) is 10.2 Å². The molecule has 2 aromatic carbocycles. The summed E-state index contributed by atoms with van der Waals surface area (Å²) < 4.78 is 0. The Kier molecular flexibility index (Phi) is 5.43. The average Bonchev–Trinajstić information content (AvgIpc) is 2.97. The summed E-state index contributed by atoms with van der Waals surface area (Å²) in [5, 5.41) is 21.6. The molecule has 0 aliphatic carbocycles. The molecule has 1 atom stereocenters. The number of hydrogen-bond acceptors (Lipinski definition) is 6. The Bertz CT molecular complexity index is 911. The molecular weight excluding hydrogens is 352 g/mol. The second-order valence-corrected chi connectivity index (χ2v) is 6.92. The predicted molar refractivity (Wildman–Crippen MR) is 103 cm³/mol. The first-order valence-electron chi connectivity index (χ1n) is 7.90. The van der Waals surface area contributed by atoms with E-state index in [1.807, 2.05) is 31.2 Å². The zero-order valence-corrected chi connectivity index (χ0v) is 14.8. The summed E-state index contributed by atoms with van der Waals surface area (Å²) in [5.41, 5.74) is 2.83. The number of non-ortho nitro benzene ring substituents is 1. The third kappa shape index (κ3) is 4.34. The van der Waals surface area contributed by atoms with E-state index in [9.17, 15) is 14.9 Å². The third-order valence-corrected chi connectivity index (χ3v) is 4.95. The van der Waals surface area contributed by atoms with Gasteiger partial charge in [-0.25, -0.2) is 0 Å². The van der Waals surface area contributed by atoms with Crippen molar-refractivity contribution in [3.8, 4) is 0 Å². The molecule has 0 spiro atoms. The number of nitrogens with one attached hydrogen (secondary N) is 1. The molecule has 8 heteroatoms. The highest BCUT2D eigenvalue weighted by Crippen LogP contribution is 2.24. The van der Waals surface area contributed by atoms with Gasteiger partial charge in [0, 0.05) is 17.7 Å². The summed E-state index contributed by atoms with van der Waals surface area (Å²) in [6.45, 7) is 2.02. The molecule has 1 heterocycles. The van der Waals surface area contributed by atoms with Crippen molar-refractivity contribution in [2.75, 3.05) is 0 Å². The number of carbonyl (C=O) groups is 1. The molecule has 1 aliphatic rings. The Hall–Kier alpha value is -3.00. The van der Waals surface area contributed by atoms with Crippen molar-refractivity contribution in [1.29, 1.82) is 0 Å². The smallest absolute Gasteiger partial charge is 0.270 e. The Labute approximate surface area is 154 Å². The second-order valence-electron chi connectivity index (χ2n) is 5.73. The zero-order chi connectivity index (χ0) is 18.5. The van der Waals surface area contributed by atoms with Crippen molar-refractivity contribution >= 4 is 34.7 Å². The van der Waals surface area contributed by atoms with Gasteiger partial charge in [0.25, 0.3) is 5.69 Å². The predicted octanol–water partition coefficient (Wildman–Crippen LogP) is 3.07. The maximum absolute atomic E-state index is 12.1. The Balaban J connectivity index is 1.65. The molecule has 1 saturated heterocycles. The number of nitrogens with zero attached hydrogens (tertiary/aromatic N) is 3. The highest BCUT2D eigenvalue weighted by molar-refractivity contribution is 8.15. The van der Waals surface area contributed by atoms with Gasteiger partial charge in [-0.2, -0.15) is 5.10 Å². The number of amidine groups is 1. The van der Waals surface area contributed by atoms with Gasteiger partial charge in [-0.1, -0.05) is 48.2 Å². The second kappa shape index (κ2) is 7.92. The number of rotatable bonds is 5. The fourth-order valence-corrected chi connectivity index (χ4v) is 3.44. The normalized spacial score (nSPS) is 18.4. The van der Waals surface area contributed by atoms with Crippen LogP contribution in [0.3, 0.4) is 0 Å². The number of nitro benzene ring substituents is 1. The topological polar surface area (TPSA) is 97.0 Å². The SMILES string of the molecule is Cc1ccccc1CC1S/C(=N/N=Cc2cccc([N+](=O)[O-])c2)NC1=O. The van der Waals surface area contributed by atoms with Crippen molar-refractivity contribution in [3.05, 3.63) is 75.3 Å². The zero-order valence-electron chi connectivity index (χ0n) is 14.0. The van der Waals surface area contributed by atoms with Gasteiger partial charge < -0.3 is 5.32 Å². The lowest BCUT2D eigenvalue weighted by Gasteiger charge is -2.07. The van der Waals surface area contributed by atoms with Gasteiger partial charge in [0.05, 0.1) is 16.4 Å². The Morgan fingerprint density at radius 2 is 2.08 bits per heavy atom. The molecule has 26 heavy (non-hydrogen) atoms. The van der Waals surface area contributed by atoms with E-state index in [0.29, 0.717) is 17.2 Å². The summed E-state index contributed by atoms with van der Waals surface area (Å²) in [6, 6.07) is 14.0. The quantitative estimate of drug-likeness (QED) is 0.498. The Morgan fingerprint density at radius 3 is 2.85 bits per heavy atom. The minimum Gasteiger partial charge on any atom is -0.303 e. The molecular formula is C18H16N4O3S. The third-order valence-electron chi connectivity index (χ3n) is 3.88. The molecule has 1 N–H and O–H groups in total. The molecule has 0 aromatic heterocycles. The van der Waals surface area contributed by atoms with Crippen LogP contribution in [0.15, 0.2) is 58.7 Å². The minimum atomic E-state index is -0.466. The van der Waals surface area contributed by atoms with E-state index in [-0.39, 0.29) is 16.8 Å². The fourth-order valence-electron chi connectivity index (χ4n) is 2.49. The number of benzene rings is 2. The van der Waals surface area contributed by atoms with Crippen LogP contribution in [0.4, 0.5) is 5.69 Å². The highest BCUT2D eigenvalue weighted by Gasteiger charge is 2.30. The molecule has 3 rings (SSSR count). The minimum absolute atomic E-state index is 0.0107. The number of hydrogen-bond donors (Lipinski definition) is 1. The van der Waals surface area contributed by atoms with Crippen LogP contribution in [-0.2, 0) is 11.2 Å². The van der Waals surface area contributed by atoms with Crippen LogP contribution in [0.2, 0.25) is 0 Å². The summed E-state index contributed by atoms with van der Waals surface area (Å²) in [4.78, 5) is 22.4. The maximum atomic E-state index is 12.1. The van der Waals surface area contributed by atoms with Gasteiger partial charge >= 0.3 is 0 Å². The first kappa shape index (κ1) is 17.8. The van der Waals surface area contributed by atoms with Crippen molar-refractivity contribution < 1.29 is 9.72 Å². The molecule has 1 unspecified atom stereocenters. The van der Waals surface area contributed by atoms with E-state index < -0.39 is 4.92 Å². The van der Waals surface area contributed by atoms with E-state index in [1.165, 1.54) is 30.1 Å². The van der Waals surface area contributed by atoms with Crippen LogP contribution >= 0.6 is 11.8 Å². The number of amides is 1. The van der Waals surface area contributed by atoms with Crippen LogP contribution in [0, 0.1) is 17.0 Å². The fraction of sp³-hybridized carbons (Fsp3) is 0.167. The first-order valence-corrected chi connectivity index (χ1v) is 8.78. The van der Waals surface area contributed by atoms with Crippen LogP contribution in [0.25, 0.3) is 0 Å². The molecule has 0 bridgehead atoms. The van der Waals surface area contributed by atoms with Gasteiger partial charge in [0.15, 0.2) is 5.17 Å². The Morgan fingerprint density at radius 1 is 1.27 bits per heavy atom. The van der Waals surface area contributed by atoms with Crippen molar-refractivity contribution in [3.63, 3.8) is 0 Å². The van der Waals surface area contributed by atoms with Gasteiger partial charge in [0.1, 0.15) is 0 Å². The van der Waals surface area contributed by atoms with E-state index in [4.69, 9.17) is 0 Å². The average molecular weight is 368 g/mol. The number of aryl methyl sites for hydroxylation is 1. The van der Waals surface area contributed by atoms with Gasteiger partial charge in [-0.15, -0.1) is 5.10 Å². The summed E-state index contributed by atoms with van der Waals surface area (Å²) in [6.07, 6.45) is 2.04. The van der Waals surface area contributed by atoms with Crippen LogP contribution in [0.5, 0.6) is 0 Å². The largest absolute Gasteiger partial charge is 0.303 e. The molecule has 1 aliphatic heterocycles.